The van der Waals surface area contributed by atoms with Crippen molar-refractivity contribution < 1.29 is 4.79 Å². The number of aromatic amines is 1. The number of hydrogen-bond acceptors (Lipinski definition) is 2. The van der Waals surface area contributed by atoms with Crippen molar-refractivity contribution in [3.63, 3.8) is 0 Å². The Morgan fingerprint density at radius 1 is 1.12 bits per heavy atom. The van der Waals surface area contributed by atoms with Crippen molar-refractivity contribution in [1.82, 2.24) is 9.88 Å². The standard InChI is InChI=1S/C21H19ClN2O/c22-17-7-5-15(6-8-17)21-13-18(25)10-12-24(21)11-9-16-14-23-20-4-2-1-3-19(16)20/h1-8,10,12,14,21,23H,9,11,13H2. The van der Waals surface area contributed by atoms with Gasteiger partial charge in [0.25, 0.3) is 0 Å². The van der Waals surface area contributed by atoms with Crippen LogP contribution in [0, 0.1) is 0 Å². The summed E-state index contributed by atoms with van der Waals surface area (Å²) >= 11 is 6.00. The van der Waals surface area contributed by atoms with Gasteiger partial charge in [-0.15, -0.1) is 0 Å². The zero-order chi connectivity index (χ0) is 17.2. The second kappa shape index (κ2) is 6.77. The lowest BCUT2D eigenvalue weighted by Gasteiger charge is -2.33. The highest BCUT2D eigenvalue weighted by molar-refractivity contribution is 6.30. The summed E-state index contributed by atoms with van der Waals surface area (Å²) in [6.45, 7) is 0.860. The van der Waals surface area contributed by atoms with Gasteiger partial charge in [0, 0.05) is 41.3 Å². The quantitative estimate of drug-likeness (QED) is 0.727. The minimum atomic E-state index is 0.0694. The molecule has 0 spiro atoms. The maximum atomic E-state index is 11.9. The van der Waals surface area contributed by atoms with Gasteiger partial charge in [0.15, 0.2) is 5.78 Å². The van der Waals surface area contributed by atoms with Crippen LogP contribution in [0.25, 0.3) is 10.9 Å². The largest absolute Gasteiger partial charge is 0.369 e. The molecule has 3 nitrogen and oxygen atoms in total. The van der Waals surface area contributed by atoms with Gasteiger partial charge >= 0.3 is 0 Å². The topological polar surface area (TPSA) is 36.1 Å². The van der Waals surface area contributed by atoms with Crippen molar-refractivity contribution in [2.45, 2.75) is 18.9 Å². The summed E-state index contributed by atoms with van der Waals surface area (Å²) in [4.78, 5) is 17.5. The summed E-state index contributed by atoms with van der Waals surface area (Å²) in [5.41, 5.74) is 3.59. The lowest BCUT2D eigenvalue weighted by molar-refractivity contribution is -0.116. The second-order valence-electron chi connectivity index (χ2n) is 6.40. The van der Waals surface area contributed by atoms with E-state index >= 15 is 0 Å². The number of hydrogen-bond donors (Lipinski definition) is 1. The minimum Gasteiger partial charge on any atom is -0.369 e. The van der Waals surface area contributed by atoms with Crippen molar-refractivity contribution in [2.24, 2.45) is 0 Å². The molecule has 0 fully saturated rings. The molecular formula is C21H19ClN2O. The number of rotatable bonds is 4. The number of nitrogens with zero attached hydrogens (tertiary/aromatic N) is 1. The molecule has 4 heteroatoms. The van der Waals surface area contributed by atoms with E-state index in [1.54, 1.807) is 6.08 Å². The van der Waals surface area contributed by atoms with E-state index in [2.05, 4.69) is 34.3 Å². The van der Waals surface area contributed by atoms with Gasteiger partial charge in [0.2, 0.25) is 0 Å². The van der Waals surface area contributed by atoms with Crippen LogP contribution in [0.3, 0.4) is 0 Å². The second-order valence-corrected chi connectivity index (χ2v) is 6.84. The van der Waals surface area contributed by atoms with Crippen LogP contribution in [0.2, 0.25) is 5.02 Å². The van der Waals surface area contributed by atoms with E-state index in [0.717, 1.165) is 24.0 Å². The van der Waals surface area contributed by atoms with Gasteiger partial charge in [0.1, 0.15) is 0 Å². The van der Waals surface area contributed by atoms with Gasteiger partial charge in [-0.25, -0.2) is 0 Å². The first-order chi connectivity index (χ1) is 12.2. The predicted molar refractivity (Wildman–Crippen MR) is 102 cm³/mol. The van der Waals surface area contributed by atoms with E-state index in [-0.39, 0.29) is 11.8 Å². The molecule has 2 heterocycles. The highest BCUT2D eigenvalue weighted by Gasteiger charge is 2.24. The zero-order valence-electron chi connectivity index (χ0n) is 13.8. The Labute approximate surface area is 151 Å². The monoisotopic (exact) mass is 350 g/mol. The minimum absolute atomic E-state index is 0.0694. The Morgan fingerprint density at radius 3 is 2.76 bits per heavy atom. The van der Waals surface area contributed by atoms with E-state index in [1.165, 1.54) is 10.9 Å². The highest BCUT2D eigenvalue weighted by Crippen LogP contribution is 2.30. The van der Waals surface area contributed by atoms with Crippen molar-refractivity contribution >= 4 is 28.3 Å². The number of halogens is 1. The number of carbonyl (C=O) groups is 1. The third-order valence-corrected chi connectivity index (χ3v) is 5.07. The Bertz CT molecular complexity index is 926. The van der Waals surface area contributed by atoms with Gasteiger partial charge in [0.05, 0.1) is 6.04 Å². The van der Waals surface area contributed by atoms with Crippen LogP contribution in [-0.4, -0.2) is 22.2 Å². The molecule has 25 heavy (non-hydrogen) atoms. The first-order valence-corrected chi connectivity index (χ1v) is 8.86. The zero-order valence-corrected chi connectivity index (χ0v) is 14.5. The molecule has 126 valence electrons. The van der Waals surface area contributed by atoms with E-state index < -0.39 is 0 Å². The molecular weight excluding hydrogens is 332 g/mol. The predicted octanol–water partition coefficient (Wildman–Crippen LogP) is 4.89. The van der Waals surface area contributed by atoms with Crippen LogP contribution in [-0.2, 0) is 11.2 Å². The van der Waals surface area contributed by atoms with Gasteiger partial charge in [-0.05, 0) is 41.8 Å². The average Bonchev–Trinajstić information content (AvgIpc) is 3.05. The number of benzene rings is 2. The van der Waals surface area contributed by atoms with E-state index in [4.69, 9.17) is 11.6 Å². The van der Waals surface area contributed by atoms with Gasteiger partial charge in [-0.3, -0.25) is 4.79 Å². The van der Waals surface area contributed by atoms with Crippen molar-refractivity contribution in [3.8, 4) is 0 Å². The molecule has 3 aromatic rings. The van der Waals surface area contributed by atoms with Crippen molar-refractivity contribution in [1.29, 1.82) is 0 Å². The highest BCUT2D eigenvalue weighted by atomic mass is 35.5. The molecule has 2 aromatic carbocycles. The van der Waals surface area contributed by atoms with E-state index in [1.807, 2.05) is 36.5 Å². The molecule has 1 unspecified atom stereocenters. The SMILES string of the molecule is O=C1C=CN(CCc2c[nH]c3ccccc23)C(c2ccc(Cl)cc2)C1. The molecule has 1 aliphatic heterocycles. The summed E-state index contributed by atoms with van der Waals surface area (Å²) in [6.07, 6.45) is 7.13. The third-order valence-electron chi connectivity index (χ3n) is 4.82. The maximum absolute atomic E-state index is 11.9. The first-order valence-electron chi connectivity index (χ1n) is 8.48. The Balaban J connectivity index is 1.55. The molecule has 4 rings (SSSR count). The summed E-state index contributed by atoms with van der Waals surface area (Å²) in [7, 11) is 0. The van der Waals surface area contributed by atoms with Crippen LogP contribution >= 0.6 is 11.6 Å². The molecule has 1 atom stereocenters. The molecule has 0 radical (unpaired) electrons. The number of ketones is 1. The van der Waals surface area contributed by atoms with Gasteiger partial charge < -0.3 is 9.88 Å². The summed E-state index contributed by atoms with van der Waals surface area (Å²) < 4.78 is 0. The lowest BCUT2D eigenvalue weighted by atomic mass is 9.97. The Morgan fingerprint density at radius 2 is 1.92 bits per heavy atom. The summed E-state index contributed by atoms with van der Waals surface area (Å²) in [6, 6.07) is 16.2. The normalized spacial score (nSPS) is 17.4. The number of nitrogens with one attached hydrogen (secondary N) is 1. The van der Waals surface area contributed by atoms with Crippen LogP contribution in [0.15, 0.2) is 67.0 Å². The van der Waals surface area contributed by atoms with Crippen LogP contribution < -0.4 is 0 Å². The fourth-order valence-corrected chi connectivity index (χ4v) is 3.60. The number of aromatic nitrogens is 1. The molecule has 0 aliphatic carbocycles. The van der Waals surface area contributed by atoms with E-state index in [9.17, 15) is 4.79 Å². The Hall–Kier alpha value is -2.52. The molecule has 0 amide bonds. The smallest absolute Gasteiger partial charge is 0.159 e. The summed E-state index contributed by atoms with van der Waals surface area (Å²) in [5.74, 6) is 0.170. The molecule has 1 aliphatic rings. The number of H-pyrrole nitrogens is 1. The molecule has 1 N–H and O–H groups in total. The third kappa shape index (κ3) is 3.33. The lowest BCUT2D eigenvalue weighted by Crippen LogP contribution is -2.30. The first kappa shape index (κ1) is 16.0. The van der Waals surface area contributed by atoms with Crippen molar-refractivity contribution in [3.05, 3.63) is 83.2 Å². The number of fused-ring (bicyclic) bond motifs is 1. The van der Waals surface area contributed by atoms with Crippen LogP contribution in [0.5, 0.6) is 0 Å². The molecule has 0 saturated heterocycles. The fraction of sp³-hybridized carbons (Fsp3) is 0.190. The maximum Gasteiger partial charge on any atom is 0.159 e. The molecule has 0 bridgehead atoms. The molecule has 1 aromatic heterocycles. The van der Waals surface area contributed by atoms with Crippen molar-refractivity contribution in [2.75, 3.05) is 6.54 Å². The average molecular weight is 351 g/mol. The number of allylic oxidation sites excluding steroid dienone is 1. The van der Waals surface area contributed by atoms with Gasteiger partial charge in [-0.1, -0.05) is 41.9 Å². The fourth-order valence-electron chi connectivity index (χ4n) is 3.47. The Kier molecular flexibility index (Phi) is 4.33. The summed E-state index contributed by atoms with van der Waals surface area (Å²) in [5, 5.41) is 1.98. The van der Waals surface area contributed by atoms with E-state index in [0.29, 0.717) is 11.4 Å². The van der Waals surface area contributed by atoms with Crippen LogP contribution in [0.1, 0.15) is 23.6 Å². The number of carbonyl (C=O) groups excluding carboxylic acids is 1. The molecule has 0 saturated carbocycles. The van der Waals surface area contributed by atoms with Gasteiger partial charge in [-0.2, -0.15) is 0 Å². The van der Waals surface area contributed by atoms with Crippen LogP contribution in [0.4, 0.5) is 0 Å². The number of para-hydroxylation sites is 1.